The summed E-state index contributed by atoms with van der Waals surface area (Å²) in [4.78, 5) is 23.3. The summed E-state index contributed by atoms with van der Waals surface area (Å²) in [5.74, 6) is -0.966. The second kappa shape index (κ2) is 7.24. The number of hydrogen-bond acceptors (Lipinski definition) is 2. The van der Waals surface area contributed by atoms with E-state index < -0.39 is 5.97 Å². The van der Waals surface area contributed by atoms with Crippen LogP contribution in [0.3, 0.4) is 0 Å². The Morgan fingerprint density at radius 2 is 1.83 bits per heavy atom. The summed E-state index contributed by atoms with van der Waals surface area (Å²) < 4.78 is 0. The fourth-order valence-corrected chi connectivity index (χ4v) is 3.94. The van der Waals surface area contributed by atoms with Crippen LogP contribution in [0.5, 0.6) is 0 Å². The van der Waals surface area contributed by atoms with E-state index in [4.69, 9.17) is 5.11 Å². The average Bonchev–Trinajstić information content (AvgIpc) is 2.56. The standard InChI is InChI=1S/C19H26N2O3/c1-12-5-6-13-3-2-4-17(16(13)11-12)21-19(24)20-15-9-7-14(8-10-15)18(22)23/h5-6,11,14-15,17H,2-4,7-10H2,1H3,(H,22,23)(H2,20,21,24)/t14?,15?,17-/m1/s1. The SMILES string of the molecule is Cc1ccc2c(c1)[C@H](NC(=O)NC1CCC(C(=O)O)CC1)CCC2. The molecular weight excluding hydrogens is 304 g/mol. The van der Waals surface area contributed by atoms with Gasteiger partial charge in [0.05, 0.1) is 12.0 Å². The first kappa shape index (κ1) is 16.8. The molecule has 0 aliphatic heterocycles. The van der Waals surface area contributed by atoms with Crippen LogP contribution in [-0.2, 0) is 11.2 Å². The molecule has 1 atom stereocenters. The van der Waals surface area contributed by atoms with Gasteiger partial charge in [-0.05, 0) is 63.0 Å². The number of nitrogens with one attached hydrogen (secondary N) is 2. The number of amides is 2. The van der Waals surface area contributed by atoms with E-state index in [9.17, 15) is 9.59 Å². The predicted molar refractivity (Wildman–Crippen MR) is 91.9 cm³/mol. The number of carboxylic acids is 1. The summed E-state index contributed by atoms with van der Waals surface area (Å²) >= 11 is 0. The molecule has 5 heteroatoms. The molecule has 1 aromatic carbocycles. The third-order valence-electron chi connectivity index (χ3n) is 5.33. The zero-order valence-electron chi connectivity index (χ0n) is 14.2. The van der Waals surface area contributed by atoms with Crippen LogP contribution in [0, 0.1) is 12.8 Å². The van der Waals surface area contributed by atoms with Crippen molar-refractivity contribution in [3.8, 4) is 0 Å². The average molecular weight is 330 g/mol. The Balaban J connectivity index is 1.55. The van der Waals surface area contributed by atoms with Gasteiger partial charge in [-0.1, -0.05) is 23.8 Å². The van der Waals surface area contributed by atoms with Gasteiger partial charge in [0.15, 0.2) is 0 Å². The lowest BCUT2D eigenvalue weighted by molar-refractivity contribution is -0.142. The van der Waals surface area contributed by atoms with E-state index in [0.717, 1.165) is 32.1 Å². The van der Waals surface area contributed by atoms with Gasteiger partial charge in [0.25, 0.3) is 0 Å². The lowest BCUT2D eigenvalue weighted by atomic mass is 9.86. The summed E-state index contributed by atoms with van der Waals surface area (Å²) in [6.07, 6.45) is 5.90. The first-order chi connectivity index (χ1) is 11.5. The number of rotatable bonds is 3. The molecule has 0 radical (unpaired) electrons. The first-order valence-corrected chi connectivity index (χ1v) is 8.92. The molecule has 5 nitrogen and oxygen atoms in total. The highest BCUT2D eigenvalue weighted by molar-refractivity contribution is 5.75. The summed E-state index contributed by atoms with van der Waals surface area (Å²) in [7, 11) is 0. The first-order valence-electron chi connectivity index (χ1n) is 8.92. The van der Waals surface area contributed by atoms with Crippen LogP contribution in [0.2, 0.25) is 0 Å². The number of carbonyl (C=O) groups excluding carboxylic acids is 1. The minimum atomic E-state index is -0.716. The van der Waals surface area contributed by atoms with Crippen LogP contribution in [0.4, 0.5) is 4.79 Å². The van der Waals surface area contributed by atoms with Crippen molar-refractivity contribution >= 4 is 12.0 Å². The summed E-state index contributed by atoms with van der Waals surface area (Å²) in [5.41, 5.74) is 3.79. The zero-order chi connectivity index (χ0) is 17.1. The summed E-state index contributed by atoms with van der Waals surface area (Å²) in [6.45, 7) is 2.08. The second-order valence-corrected chi connectivity index (χ2v) is 7.15. The van der Waals surface area contributed by atoms with Crippen LogP contribution < -0.4 is 10.6 Å². The highest BCUT2D eigenvalue weighted by Gasteiger charge is 2.28. The van der Waals surface area contributed by atoms with Crippen molar-refractivity contribution in [3.63, 3.8) is 0 Å². The smallest absolute Gasteiger partial charge is 0.315 e. The number of carbonyl (C=O) groups is 2. The Hall–Kier alpha value is -2.04. The van der Waals surface area contributed by atoms with E-state index in [2.05, 4.69) is 35.8 Å². The Morgan fingerprint density at radius 3 is 2.54 bits per heavy atom. The van der Waals surface area contributed by atoms with Crippen molar-refractivity contribution < 1.29 is 14.7 Å². The van der Waals surface area contributed by atoms with Crippen molar-refractivity contribution in [3.05, 3.63) is 34.9 Å². The van der Waals surface area contributed by atoms with Crippen LogP contribution in [0.1, 0.15) is 61.3 Å². The largest absolute Gasteiger partial charge is 0.481 e. The fourth-order valence-electron chi connectivity index (χ4n) is 3.94. The van der Waals surface area contributed by atoms with Crippen molar-refractivity contribution in [2.24, 2.45) is 5.92 Å². The number of fused-ring (bicyclic) bond motifs is 1. The fraction of sp³-hybridized carbons (Fsp3) is 0.579. The number of urea groups is 1. The monoisotopic (exact) mass is 330 g/mol. The molecular formula is C19H26N2O3. The van der Waals surface area contributed by atoms with Crippen LogP contribution >= 0.6 is 0 Å². The molecule has 0 bridgehead atoms. The van der Waals surface area contributed by atoms with E-state index in [1.165, 1.54) is 16.7 Å². The van der Waals surface area contributed by atoms with Gasteiger partial charge in [-0.15, -0.1) is 0 Å². The highest BCUT2D eigenvalue weighted by atomic mass is 16.4. The molecule has 0 saturated heterocycles. The topological polar surface area (TPSA) is 78.4 Å². The quantitative estimate of drug-likeness (QED) is 0.795. The molecule has 2 aliphatic rings. The maximum atomic E-state index is 12.4. The molecule has 0 heterocycles. The minimum absolute atomic E-state index is 0.0732. The number of hydrogen-bond donors (Lipinski definition) is 3. The van der Waals surface area contributed by atoms with E-state index in [1.807, 2.05) is 0 Å². The zero-order valence-corrected chi connectivity index (χ0v) is 14.2. The van der Waals surface area contributed by atoms with E-state index in [1.54, 1.807) is 0 Å². The van der Waals surface area contributed by atoms with Crippen molar-refractivity contribution in [1.29, 1.82) is 0 Å². The summed E-state index contributed by atoms with van der Waals surface area (Å²) in [6, 6.07) is 6.50. The predicted octanol–water partition coefficient (Wildman–Crippen LogP) is 3.32. The molecule has 1 fully saturated rings. The van der Waals surface area contributed by atoms with E-state index in [-0.39, 0.29) is 24.0 Å². The molecule has 2 amide bonds. The lowest BCUT2D eigenvalue weighted by Gasteiger charge is -2.30. The van der Waals surface area contributed by atoms with E-state index in [0.29, 0.717) is 12.8 Å². The van der Waals surface area contributed by atoms with Gasteiger partial charge in [0, 0.05) is 6.04 Å². The number of carboxylic acid groups (broad SMARTS) is 1. The van der Waals surface area contributed by atoms with Gasteiger partial charge < -0.3 is 15.7 Å². The number of benzene rings is 1. The van der Waals surface area contributed by atoms with Gasteiger partial charge in [-0.2, -0.15) is 0 Å². The molecule has 1 aromatic rings. The highest BCUT2D eigenvalue weighted by Crippen LogP contribution is 2.30. The summed E-state index contributed by atoms with van der Waals surface area (Å²) in [5, 5.41) is 15.2. The molecule has 24 heavy (non-hydrogen) atoms. The second-order valence-electron chi connectivity index (χ2n) is 7.15. The van der Waals surface area contributed by atoms with Crippen LogP contribution in [0.15, 0.2) is 18.2 Å². The Kier molecular flexibility index (Phi) is 5.07. The third kappa shape index (κ3) is 3.89. The van der Waals surface area contributed by atoms with Gasteiger partial charge in [-0.25, -0.2) is 4.79 Å². The molecule has 0 unspecified atom stereocenters. The van der Waals surface area contributed by atoms with Gasteiger partial charge in [0.2, 0.25) is 0 Å². The normalized spacial score (nSPS) is 26.3. The van der Waals surface area contributed by atoms with Crippen molar-refractivity contribution in [1.82, 2.24) is 10.6 Å². The van der Waals surface area contributed by atoms with Crippen LogP contribution in [-0.4, -0.2) is 23.1 Å². The Labute approximate surface area is 142 Å². The molecule has 0 spiro atoms. The van der Waals surface area contributed by atoms with E-state index >= 15 is 0 Å². The molecule has 2 aliphatic carbocycles. The van der Waals surface area contributed by atoms with Gasteiger partial charge in [0.1, 0.15) is 0 Å². The molecule has 3 rings (SSSR count). The molecule has 3 N–H and O–H groups in total. The maximum absolute atomic E-state index is 12.4. The number of aliphatic carboxylic acids is 1. The third-order valence-corrected chi connectivity index (χ3v) is 5.33. The lowest BCUT2D eigenvalue weighted by Crippen LogP contribution is -2.45. The Bertz CT molecular complexity index is 621. The molecule has 130 valence electrons. The van der Waals surface area contributed by atoms with Gasteiger partial charge in [-0.3, -0.25) is 4.79 Å². The van der Waals surface area contributed by atoms with Crippen LogP contribution in [0.25, 0.3) is 0 Å². The minimum Gasteiger partial charge on any atom is -0.481 e. The number of aryl methyl sites for hydroxylation is 2. The Morgan fingerprint density at radius 1 is 1.08 bits per heavy atom. The molecule has 1 saturated carbocycles. The van der Waals surface area contributed by atoms with Gasteiger partial charge >= 0.3 is 12.0 Å². The maximum Gasteiger partial charge on any atom is 0.315 e. The molecule has 0 aromatic heterocycles. The van der Waals surface area contributed by atoms with Crippen molar-refractivity contribution in [2.45, 2.75) is 64.0 Å². The van der Waals surface area contributed by atoms with Crippen molar-refractivity contribution in [2.75, 3.05) is 0 Å².